The van der Waals surface area contributed by atoms with Gasteiger partial charge in [-0.1, -0.05) is 58.0 Å². The summed E-state index contributed by atoms with van der Waals surface area (Å²) in [5.74, 6) is 1.54. The third-order valence-electron chi connectivity index (χ3n) is 6.02. The average Bonchev–Trinajstić information content (AvgIpc) is 3.41. The van der Waals surface area contributed by atoms with Crippen molar-refractivity contribution in [3.05, 3.63) is 35.9 Å². The molecule has 1 saturated carbocycles. The fraction of sp³-hybridized carbons (Fsp3) is 0.652. The van der Waals surface area contributed by atoms with E-state index in [0.717, 1.165) is 19.3 Å². The van der Waals surface area contributed by atoms with E-state index in [1.807, 2.05) is 35.0 Å². The normalized spacial score (nSPS) is 28.2. The van der Waals surface area contributed by atoms with Crippen molar-refractivity contribution >= 4 is 11.8 Å². The van der Waals surface area contributed by atoms with Crippen LogP contribution in [-0.2, 0) is 9.59 Å². The number of carbonyl (C=O) groups is 2. The van der Waals surface area contributed by atoms with E-state index in [1.54, 1.807) is 0 Å². The molecule has 148 valence electrons. The van der Waals surface area contributed by atoms with Crippen LogP contribution < -0.4 is 0 Å². The van der Waals surface area contributed by atoms with E-state index >= 15 is 0 Å². The Morgan fingerprint density at radius 2 is 1.70 bits per heavy atom. The topological polar surface area (TPSA) is 40.6 Å². The van der Waals surface area contributed by atoms with Gasteiger partial charge in [0.25, 0.3) is 0 Å². The standard InChI is InChI=1S/C23H34N2O2/c1-15(2)11-18-14-25(21(12-16(3)4)23(27)24(18)5)22(26)20-13-19(20)17-9-7-6-8-10-17/h6-10,15-16,18-21H,11-14H2,1-5H3/t18-,19-,20+,21+/m0/s1. The Hall–Kier alpha value is -1.84. The summed E-state index contributed by atoms with van der Waals surface area (Å²) in [4.78, 5) is 30.3. The van der Waals surface area contributed by atoms with Crippen molar-refractivity contribution < 1.29 is 9.59 Å². The Morgan fingerprint density at radius 3 is 2.30 bits per heavy atom. The lowest BCUT2D eigenvalue weighted by Crippen LogP contribution is -2.62. The van der Waals surface area contributed by atoms with Crippen LogP contribution in [0.5, 0.6) is 0 Å². The second-order valence-corrected chi connectivity index (χ2v) is 9.23. The Kier molecular flexibility index (Phi) is 5.92. The minimum absolute atomic E-state index is 0.0398. The number of rotatable bonds is 6. The molecule has 1 saturated heterocycles. The van der Waals surface area contributed by atoms with Crippen molar-refractivity contribution in [2.45, 2.75) is 65.0 Å². The van der Waals surface area contributed by atoms with Gasteiger partial charge in [-0.15, -0.1) is 0 Å². The summed E-state index contributed by atoms with van der Waals surface area (Å²) in [7, 11) is 1.91. The van der Waals surface area contributed by atoms with Crippen molar-refractivity contribution in [2.24, 2.45) is 17.8 Å². The lowest BCUT2D eigenvalue weighted by molar-refractivity contribution is -0.155. The molecule has 2 amide bonds. The number of piperazine rings is 1. The van der Waals surface area contributed by atoms with E-state index in [0.29, 0.717) is 24.3 Å². The average molecular weight is 371 g/mol. The first-order valence-electron chi connectivity index (χ1n) is 10.4. The molecule has 0 spiro atoms. The number of hydrogen-bond donors (Lipinski definition) is 0. The van der Waals surface area contributed by atoms with Crippen LogP contribution in [0.2, 0.25) is 0 Å². The van der Waals surface area contributed by atoms with Gasteiger partial charge in [0.1, 0.15) is 6.04 Å². The van der Waals surface area contributed by atoms with Gasteiger partial charge >= 0.3 is 0 Å². The summed E-state index contributed by atoms with van der Waals surface area (Å²) in [5.41, 5.74) is 1.25. The van der Waals surface area contributed by atoms with E-state index in [9.17, 15) is 9.59 Å². The van der Waals surface area contributed by atoms with Gasteiger partial charge < -0.3 is 9.80 Å². The molecule has 3 rings (SSSR count). The number of carbonyl (C=O) groups excluding carboxylic acids is 2. The van der Waals surface area contributed by atoms with Crippen molar-refractivity contribution in [2.75, 3.05) is 13.6 Å². The zero-order chi connectivity index (χ0) is 19.7. The molecule has 1 heterocycles. The highest BCUT2D eigenvalue weighted by Gasteiger charge is 2.50. The first kappa shape index (κ1) is 19.9. The number of nitrogens with zero attached hydrogens (tertiary/aromatic N) is 2. The van der Waals surface area contributed by atoms with Gasteiger partial charge in [0.15, 0.2) is 0 Å². The number of hydrogen-bond acceptors (Lipinski definition) is 2. The van der Waals surface area contributed by atoms with Crippen LogP contribution in [0.25, 0.3) is 0 Å². The summed E-state index contributed by atoms with van der Waals surface area (Å²) in [6, 6.07) is 10.1. The molecular weight excluding hydrogens is 336 g/mol. The molecule has 27 heavy (non-hydrogen) atoms. The van der Waals surface area contributed by atoms with Crippen LogP contribution in [0.1, 0.15) is 58.4 Å². The molecule has 1 aliphatic carbocycles. The van der Waals surface area contributed by atoms with Crippen LogP contribution in [0.4, 0.5) is 0 Å². The highest BCUT2D eigenvalue weighted by molar-refractivity contribution is 5.91. The predicted molar refractivity (Wildman–Crippen MR) is 108 cm³/mol. The SMILES string of the molecule is CC(C)C[C@H]1CN(C(=O)[C@@H]2C[C@H]2c2ccccc2)[C@H](CC(C)C)C(=O)N1C. The van der Waals surface area contributed by atoms with Gasteiger partial charge in [-0.05, 0) is 42.6 Å². The van der Waals surface area contributed by atoms with Crippen LogP contribution in [0.3, 0.4) is 0 Å². The number of benzene rings is 1. The van der Waals surface area contributed by atoms with Gasteiger partial charge in [-0.2, -0.15) is 0 Å². The Labute approximate surface area is 163 Å². The third-order valence-corrected chi connectivity index (χ3v) is 6.02. The molecule has 0 aromatic heterocycles. The lowest BCUT2D eigenvalue weighted by atomic mass is 9.93. The van der Waals surface area contributed by atoms with Crippen LogP contribution in [0.15, 0.2) is 30.3 Å². The lowest BCUT2D eigenvalue weighted by Gasteiger charge is -2.45. The zero-order valence-corrected chi connectivity index (χ0v) is 17.4. The molecule has 0 radical (unpaired) electrons. The number of amides is 2. The van der Waals surface area contributed by atoms with Gasteiger partial charge in [-0.25, -0.2) is 0 Å². The molecule has 4 heteroatoms. The first-order valence-corrected chi connectivity index (χ1v) is 10.4. The third kappa shape index (κ3) is 4.36. The molecule has 4 nitrogen and oxygen atoms in total. The molecular formula is C23H34N2O2. The second kappa shape index (κ2) is 8.04. The summed E-state index contributed by atoms with van der Waals surface area (Å²) in [6.45, 7) is 9.28. The molecule has 1 aromatic carbocycles. The number of likely N-dealkylation sites (N-methyl/N-ethyl adjacent to an activating group) is 1. The highest BCUT2D eigenvalue weighted by atomic mass is 16.2. The second-order valence-electron chi connectivity index (χ2n) is 9.23. The molecule has 0 N–H and O–H groups in total. The molecule has 2 fully saturated rings. The van der Waals surface area contributed by atoms with E-state index in [4.69, 9.17) is 0 Å². The first-order chi connectivity index (χ1) is 12.8. The van der Waals surface area contributed by atoms with Gasteiger partial charge in [0.2, 0.25) is 11.8 Å². The fourth-order valence-electron chi connectivity index (χ4n) is 4.47. The maximum absolute atomic E-state index is 13.4. The van der Waals surface area contributed by atoms with E-state index in [1.165, 1.54) is 5.56 Å². The largest absolute Gasteiger partial charge is 0.339 e. The minimum Gasteiger partial charge on any atom is -0.339 e. The zero-order valence-electron chi connectivity index (χ0n) is 17.4. The van der Waals surface area contributed by atoms with Crippen molar-refractivity contribution in [1.82, 2.24) is 9.80 Å². The molecule has 1 aliphatic heterocycles. The molecule has 0 unspecified atom stereocenters. The van der Waals surface area contributed by atoms with Crippen molar-refractivity contribution in [3.8, 4) is 0 Å². The Bertz CT molecular complexity index is 670. The summed E-state index contributed by atoms with van der Waals surface area (Å²) < 4.78 is 0. The van der Waals surface area contributed by atoms with Gasteiger partial charge in [0.05, 0.1) is 0 Å². The van der Waals surface area contributed by atoms with Crippen molar-refractivity contribution in [1.29, 1.82) is 0 Å². The summed E-state index contributed by atoms with van der Waals surface area (Å²) in [5, 5.41) is 0. The molecule has 1 aromatic rings. The van der Waals surface area contributed by atoms with E-state index in [-0.39, 0.29) is 29.8 Å². The predicted octanol–water partition coefficient (Wildman–Crippen LogP) is 3.92. The molecule has 2 aliphatic rings. The van der Waals surface area contributed by atoms with Crippen molar-refractivity contribution in [3.63, 3.8) is 0 Å². The van der Waals surface area contributed by atoms with Crippen LogP contribution >= 0.6 is 0 Å². The van der Waals surface area contributed by atoms with E-state index in [2.05, 4.69) is 39.8 Å². The Morgan fingerprint density at radius 1 is 1.07 bits per heavy atom. The molecule has 0 bridgehead atoms. The van der Waals surface area contributed by atoms with Gasteiger partial charge in [-0.3, -0.25) is 9.59 Å². The maximum Gasteiger partial charge on any atom is 0.245 e. The van der Waals surface area contributed by atoms with Crippen LogP contribution in [-0.4, -0.2) is 47.3 Å². The van der Waals surface area contributed by atoms with Crippen LogP contribution in [0, 0.1) is 17.8 Å². The smallest absolute Gasteiger partial charge is 0.245 e. The Balaban J connectivity index is 1.78. The monoisotopic (exact) mass is 370 g/mol. The maximum atomic E-state index is 13.4. The highest BCUT2D eigenvalue weighted by Crippen LogP contribution is 2.49. The molecule has 4 atom stereocenters. The quantitative estimate of drug-likeness (QED) is 0.761. The summed E-state index contributed by atoms with van der Waals surface area (Å²) in [6.07, 6.45) is 2.59. The minimum atomic E-state index is -0.303. The fourth-order valence-corrected chi connectivity index (χ4v) is 4.47. The van der Waals surface area contributed by atoms with E-state index < -0.39 is 0 Å². The van der Waals surface area contributed by atoms with Gasteiger partial charge in [0, 0.05) is 25.6 Å². The summed E-state index contributed by atoms with van der Waals surface area (Å²) >= 11 is 0.